The van der Waals surface area contributed by atoms with Crippen LogP contribution >= 0.6 is 0 Å². The van der Waals surface area contributed by atoms with Crippen LogP contribution in [0.25, 0.3) is 0 Å². The van der Waals surface area contributed by atoms with E-state index in [1.807, 2.05) is 21.1 Å². The minimum atomic E-state index is -1.61. The van der Waals surface area contributed by atoms with Crippen LogP contribution in [-0.2, 0) is 33.3 Å². The van der Waals surface area contributed by atoms with E-state index in [9.17, 15) is 19.5 Å². The maximum absolute atomic E-state index is 12.8. The fraction of sp³-hybridized carbons (Fsp3) is 0.938. The maximum Gasteiger partial charge on any atom is 0.306 e. The molecule has 0 aliphatic rings. The molecule has 0 aromatic heterocycles. The van der Waals surface area contributed by atoms with Crippen molar-refractivity contribution >= 4 is 17.9 Å². The summed E-state index contributed by atoms with van der Waals surface area (Å²) < 4.78 is 22.6. The second-order valence-electron chi connectivity index (χ2n) is 17.8. The number of carbonyl (C=O) groups is 3. The van der Waals surface area contributed by atoms with Gasteiger partial charge in [0.05, 0.1) is 40.3 Å². The van der Waals surface area contributed by atoms with Gasteiger partial charge in [0.15, 0.2) is 12.4 Å². The third-order valence-electron chi connectivity index (χ3n) is 10.9. The lowest BCUT2D eigenvalue weighted by Gasteiger charge is -2.26. The Kier molecular flexibility index (Phi) is 39.8. The lowest BCUT2D eigenvalue weighted by Crippen LogP contribution is -2.44. The van der Waals surface area contributed by atoms with Crippen molar-refractivity contribution in [1.82, 2.24) is 0 Å². The van der Waals surface area contributed by atoms with Gasteiger partial charge in [0.2, 0.25) is 0 Å². The normalized spacial score (nSPS) is 12.8. The number of hydrogen-bond acceptors (Lipinski definition) is 8. The summed E-state index contributed by atoms with van der Waals surface area (Å²) in [5, 5.41) is 11.7. The second kappa shape index (κ2) is 41.0. The molecule has 0 aromatic carbocycles. The highest BCUT2D eigenvalue weighted by Gasteiger charge is 2.22. The fourth-order valence-electron chi connectivity index (χ4n) is 7.07. The van der Waals surface area contributed by atoms with Crippen LogP contribution in [0.3, 0.4) is 0 Å². The Morgan fingerprint density at radius 1 is 0.456 bits per heavy atom. The Balaban J connectivity index is 4.34. The van der Waals surface area contributed by atoms with Crippen molar-refractivity contribution < 1.29 is 42.9 Å². The van der Waals surface area contributed by atoms with Crippen molar-refractivity contribution in [2.24, 2.45) is 0 Å². The minimum Gasteiger partial charge on any atom is -0.545 e. The molecule has 0 heterocycles. The van der Waals surface area contributed by atoms with E-state index < -0.39 is 24.3 Å². The van der Waals surface area contributed by atoms with E-state index in [0.29, 0.717) is 17.4 Å². The van der Waals surface area contributed by atoms with E-state index in [1.165, 1.54) is 167 Å². The van der Waals surface area contributed by atoms with Gasteiger partial charge in [-0.05, 0) is 12.8 Å². The van der Waals surface area contributed by atoms with Crippen LogP contribution in [0.2, 0.25) is 0 Å². The average Bonchev–Trinajstić information content (AvgIpc) is 3.17. The molecule has 0 radical (unpaired) electrons. The van der Waals surface area contributed by atoms with Crippen LogP contribution in [0, 0.1) is 0 Å². The smallest absolute Gasteiger partial charge is 0.306 e. The summed E-state index contributed by atoms with van der Waals surface area (Å²) in [5.41, 5.74) is 0. The molecule has 2 atom stereocenters. The van der Waals surface area contributed by atoms with Gasteiger partial charge in [-0.1, -0.05) is 206 Å². The number of carboxylic acids is 1. The highest BCUT2D eigenvalue weighted by Crippen LogP contribution is 2.16. The molecule has 0 saturated heterocycles. The highest BCUT2D eigenvalue weighted by atomic mass is 16.7. The zero-order valence-corrected chi connectivity index (χ0v) is 38.2. The van der Waals surface area contributed by atoms with Gasteiger partial charge < -0.3 is 33.3 Å². The molecule has 0 spiro atoms. The van der Waals surface area contributed by atoms with Gasteiger partial charge in [-0.2, -0.15) is 0 Å². The molecular weight excluding hydrogens is 719 g/mol. The van der Waals surface area contributed by atoms with Gasteiger partial charge in [0.25, 0.3) is 0 Å². The molecule has 0 rings (SSSR count). The van der Waals surface area contributed by atoms with Gasteiger partial charge in [0.1, 0.15) is 13.2 Å². The zero-order valence-electron chi connectivity index (χ0n) is 38.2. The molecule has 9 nitrogen and oxygen atoms in total. The van der Waals surface area contributed by atoms with E-state index in [4.69, 9.17) is 18.9 Å². The molecule has 57 heavy (non-hydrogen) atoms. The first-order valence-corrected chi connectivity index (χ1v) is 24.2. The third-order valence-corrected chi connectivity index (χ3v) is 10.9. The third kappa shape index (κ3) is 42.2. The SMILES string of the molecule is CCCCCCCCCCCCCCCCCCCCC(=O)OC(COC(=O)CCCCCCCCCCCCCCCC)COC(OCC[N+](C)(C)C)C(=O)[O-]. The number of nitrogens with zero attached hydrogens (tertiary/aromatic N) is 1. The maximum atomic E-state index is 12.8. The summed E-state index contributed by atoms with van der Waals surface area (Å²) in [6.07, 6.45) is 38.4. The standard InChI is InChI=1S/C48H93NO8/c1-6-8-10-12-14-16-18-20-22-23-24-25-27-29-31-33-35-37-39-46(51)57-44(43-56-48(47(52)53)54-41-40-49(3,4)5)42-55-45(50)38-36-34-32-30-28-26-21-19-17-15-13-11-9-7-2/h44,48H,6-43H2,1-5H3. The van der Waals surface area contributed by atoms with Crippen LogP contribution in [0.5, 0.6) is 0 Å². The predicted molar refractivity (Wildman–Crippen MR) is 233 cm³/mol. The largest absolute Gasteiger partial charge is 0.545 e. The van der Waals surface area contributed by atoms with Crippen LogP contribution in [0.15, 0.2) is 0 Å². The van der Waals surface area contributed by atoms with Gasteiger partial charge in [-0.25, -0.2) is 0 Å². The summed E-state index contributed by atoms with van der Waals surface area (Å²) in [5.74, 6) is -2.26. The zero-order chi connectivity index (χ0) is 42.1. The van der Waals surface area contributed by atoms with Crippen molar-refractivity contribution in [1.29, 1.82) is 0 Å². The summed E-state index contributed by atoms with van der Waals surface area (Å²) in [7, 11) is 5.92. The molecule has 2 unspecified atom stereocenters. The number of esters is 2. The first-order valence-electron chi connectivity index (χ1n) is 24.2. The molecule has 0 saturated carbocycles. The molecule has 0 fully saturated rings. The van der Waals surface area contributed by atoms with E-state index in [2.05, 4.69) is 13.8 Å². The Hall–Kier alpha value is -1.71. The van der Waals surface area contributed by atoms with Gasteiger partial charge in [0, 0.05) is 12.8 Å². The number of quaternary nitrogens is 1. The Morgan fingerprint density at radius 3 is 1.12 bits per heavy atom. The lowest BCUT2D eigenvalue weighted by atomic mass is 10.0. The van der Waals surface area contributed by atoms with Crippen molar-refractivity contribution in [3.05, 3.63) is 0 Å². The van der Waals surface area contributed by atoms with Gasteiger partial charge in [-0.3, -0.25) is 9.59 Å². The number of rotatable bonds is 45. The summed E-state index contributed by atoms with van der Waals surface area (Å²) in [4.78, 5) is 37.0. The molecule has 0 aliphatic carbocycles. The van der Waals surface area contributed by atoms with Crippen LogP contribution in [-0.4, -0.2) is 82.3 Å². The Labute approximate surface area is 352 Å². The summed E-state index contributed by atoms with van der Waals surface area (Å²) in [6.45, 7) is 4.78. The van der Waals surface area contributed by atoms with Crippen molar-refractivity contribution in [3.63, 3.8) is 0 Å². The van der Waals surface area contributed by atoms with Gasteiger partial charge >= 0.3 is 11.9 Å². The summed E-state index contributed by atoms with van der Waals surface area (Å²) in [6, 6.07) is 0. The number of carbonyl (C=O) groups excluding carboxylic acids is 3. The molecule has 0 aliphatic heterocycles. The first-order chi connectivity index (χ1) is 27.6. The molecule has 9 heteroatoms. The fourth-order valence-corrected chi connectivity index (χ4v) is 7.07. The predicted octanol–water partition coefficient (Wildman–Crippen LogP) is 11.6. The summed E-state index contributed by atoms with van der Waals surface area (Å²) >= 11 is 0. The number of ether oxygens (including phenoxy) is 4. The van der Waals surface area contributed by atoms with E-state index >= 15 is 0 Å². The Morgan fingerprint density at radius 2 is 0.789 bits per heavy atom. The highest BCUT2D eigenvalue weighted by molar-refractivity contribution is 5.70. The first kappa shape index (κ1) is 55.3. The van der Waals surface area contributed by atoms with Crippen molar-refractivity contribution in [2.75, 3.05) is 47.5 Å². The van der Waals surface area contributed by atoms with Crippen molar-refractivity contribution in [2.45, 2.75) is 245 Å². The van der Waals surface area contributed by atoms with Crippen LogP contribution < -0.4 is 5.11 Å². The van der Waals surface area contributed by atoms with Crippen molar-refractivity contribution in [3.8, 4) is 0 Å². The molecule has 338 valence electrons. The molecule has 0 amide bonds. The lowest BCUT2D eigenvalue weighted by molar-refractivity contribution is -0.870. The molecule has 0 aromatic rings. The minimum absolute atomic E-state index is 0.153. The van der Waals surface area contributed by atoms with E-state index in [0.717, 1.165) is 38.5 Å². The molecular formula is C48H93NO8. The monoisotopic (exact) mass is 812 g/mol. The topological polar surface area (TPSA) is 111 Å². The number of hydrogen-bond donors (Lipinski definition) is 0. The quantitative estimate of drug-likeness (QED) is 0.0259. The van der Waals surface area contributed by atoms with E-state index in [-0.39, 0.29) is 32.2 Å². The average molecular weight is 812 g/mol. The van der Waals surface area contributed by atoms with E-state index in [1.54, 1.807) is 0 Å². The van der Waals surface area contributed by atoms with Gasteiger partial charge in [-0.15, -0.1) is 0 Å². The number of likely N-dealkylation sites (N-methyl/N-ethyl adjacent to an activating group) is 1. The number of unbranched alkanes of at least 4 members (excludes halogenated alkanes) is 30. The second-order valence-corrected chi connectivity index (χ2v) is 17.8. The molecule has 0 bridgehead atoms. The number of aliphatic carboxylic acids is 1. The number of carboxylic acid groups (broad SMARTS) is 1. The van der Waals surface area contributed by atoms with Crippen LogP contribution in [0.1, 0.15) is 232 Å². The Bertz CT molecular complexity index is 907. The van der Waals surface area contributed by atoms with Crippen LogP contribution in [0.4, 0.5) is 0 Å². The molecule has 0 N–H and O–H groups in total.